The third-order valence-electron chi connectivity index (χ3n) is 3.15. The molecule has 1 aliphatic rings. The standard InChI is InChI=1S/C11H20N4/c1-3-12-11-14-13-10(15(11)4-2)9-7-5-6-8-9/h9H,3-8H2,1-2H3,(H,12,14). The van der Waals surface area contributed by atoms with E-state index >= 15 is 0 Å². The van der Waals surface area contributed by atoms with Crippen molar-refractivity contribution in [1.82, 2.24) is 14.8 Å². The second-order valence-corrected chi connectivity index (χ2v) is 4.14. The third-order valence-corrected chi connectivity index (χ3v) is 3.15. The highest BCUT2D eigenvalue weighted by molar-refractivity contribution is 5.26. The number of hydrogen-bond donors (Lipinski definition) is 1. The first kappa shape index (κ1) is 10.5. The smallest absolute Gasteiger partial charge is 0.224 e. The predicted molar refractivity (Wildman–Crippen MR) is 61.1 cm³/mol. The van der Waals surface area contributed by atoms with Gasteiger partial charge in [0, 0.05) is 19.0 Å². The third kappa shape index (κ3) is 1.98. The number of hydrogen-bond acceptors (Lipinski definition) is 3. The fourth-order valence-electron chi connectivity index (χ4n) is 2.40. The first-order valence-corrected chi connectivity index (χ1v) is 6.03. The summed E-state index contributed by atoms with van der Waals surface area (Å²) in [5, 5.41) is 11.8. The fraction of sp³-hybridized carbons (Fsp3) is 0.818. The molecular formula is C11H20N4. The van der Waals surface area contributed by atoms with E-state index in [0.29, 0.717) is 5.92 Å². The van der Waals surface area contributed by atoms with Crippen molar-refractivity contribution >= 4 is 5.95 Å². The number of rotatable bonds is 4. The monoisotopic (exact) mass is 208 g/mol. The van der Waals surface area contributed by atoms with Gasteiger partial charge in [0.25, 0.3) is 0 Å². The summed E-state index contributed by atoms with van der Waals surface area (Å²) in [6.07, 6.45) is 5.25. The SMILES string of the molecule is CCNc1nnc(C2CCCC2)n1CC. The topological polar surface area (TPSA) is 42.7 Å². The zero-order valence-electron chi connectivity index (χ0n) is 9.66. The number of anilines is 1. The van der Waals surface area contributed by atoms with Gasteiger partial charge < -0.3 is 5.32 Å². The van der Waals surface area contributed by atoms with Crippen LogP contribution in [-0.4, -0.2) is 21.3 Å². The molecule has 15 heavy (non-hydrogen) atoms. The molecular weight excluding hydrogens is 188 g/mol. The molecule has 4 heteroatoms. The Morgan fingerprint density at radius 3 is 2.60 bits per heavy atom. The van der Waals surface area contributed by atoms with Gasteiger partial charge in [-0.15, -0.1) is 10.2 Å². The van der Waals surface area contributed by atoms with Gasteiger partial charge in [0.2, 0.25) is 5.95 Å². The Morgan fingerprint density at radius 2 is 2.00 bits per heavy atom. The van der Waals surface area contributed by atoms with Crippen LogP contribution in [0.15, 0.2) is 0 Å². The van der Waals surface area contributed by atoms with Gasteiger partial charge in [0.15, 0.2) is 0 Å². The van der Waals surface area contributed by atoms with Crippen molar-refractivity contribution in [2.45, 2.75) is 52.0 Å². The molecule has 0 saturated heterocycles. The van der Waals surface area contributed by atoms with E-state index < -0.39 is 0 Å². The average molecular weight is 208 g/mol. The minimum absolute atomic E-state index is 0.643. The van der Waals surface area contributed by atoms with E-state index in [1.807, 2.05) is 0 Å². The lowest BCUT2D eigenvalue weighted by Crippen LogP contribution is -2.10. The van der Waals surface area contributed by atoms with Gasteiger partial charge in [-0.3, -0.25) is 4.57 Å². The maximum absolute atomic E-state index is 4.34. The lowest BCUT2D eigenvalue weighted by Gasteiger charge is -2.11. The maximum Gasteiger partial charge on any atom is 0.224 e. The number of nitrogens with zero attached hydrogens (tertiary/aromatic N) is 3. The Labute approximate surface area is 91.1 Å². The summed E-state index contributed by atoms with van der Waals surface area (Å²) in [6.45, 7) is 6.11. The minimum Gasteiger partial charge on any atom is -0.355 e. The van der Waals surface area contributed by atoms with Gasteiger partial charge in [0.1, 0.15) is 5.82 Å². The molecule has 0 aromatic carbocycles. The molecule has 84 valence electrons. The summed E-state index contributed by atoms with van der Waals surface area (Å²) >= 11 is 0. The fourth-order valence-corrected chi connectivity index (χ4v) is 2.40. The zero-order chi connectivity index (χ0) is 10.7. The predicted octanol–water partition coefficient (Wildman–Crippen LogP) is 2.39. The lowest BCUT2D eigenvalue weighted by molar-refractivity contribution is 0.601. The van der Waals surface area contributed by atoms with Crippen LogP contribution in [0, 0.1) is 0 Å². The van der Waals surface area contributed by atoms with Crippen molar-refractivity contribution in [3.05, 3.63) is 5.82 Å². The second kappa shape index (κ2) is 4.64. The first-order valence-electron chi connectivity index (χ1n) is 6.03. The van der Waals surface area contributed by atoms with E-state index in [-0.39, 0.29) is 0 Å². The Hall–Kier alpha value is -1.06. The summed E-state index contributed by atoms with van der Waals surface area (Å²) in [4.78, 5) is 0. The van der Waals surface area contributed by atoms with Crippen molar-refractivity contribution in [2.24, 2.45) is 0 Å². The highest BCUT2D eigenvalue weighted by Crippen LogP contribution is 2.33. The molecule has 4 nitrogen and oxygen atoms in total. The lowest BCUT2D eigenvalue weighted by atomic mass is 10.1. The molecule has 0 radical (unpaired) electrons. The van der Waals surface area contributed by atoms with Crippen LogP contribution in [0.25, 0.3) is 0 Å². The normalized spacial score (nSPS) is 17.2. The largest absolute Gasteiger partial charge is 0.355 e. The molecule has 1 saturated carbocycles. The van der Waals surface area contributed by atoms with Crippen molar-refractivity contribution in [2.75, 3.05) is 11.9 Å². The Morgan fingerprint density at radius 1 is 1.27 bits per heavy atom. The average Bonchev–Trinajstić information content (AvgIpc) is 2.85. The van der Waals surface area contributed by atoms with Gasteiger partial charge in [0.05, 0.1) is 0 Å². The Kier molecular flexibility index (Phi) is 3.23. The van der Waals surface area contributed by atoms with E-state index in [1.165, 1.54) is 31.5 Å². The molecule has 1 aliphatic carbocycles. The molecule has 1 N–H and O–H groups in total. The quantitative estimate of drug-likeness (QED) is 0.826. The van der Waals surface area contributed by atoms with E-state index in [9.17, 15) is 0 Å². The van der Waals surface area contributed by atoms with E-state index in [1.54, 1.807) is 0 Å². The molecule has 0 bridgehead atoms. The molecule has 0 atom stereocenters. The summed E-state index contributed by atoms with van der Waals surface area (Å²) in [7, 11) is 0. The molecule has 0 unspecified atom stereocenters. The molecule has 0 aliphatic heterocycles. The van der Waals surface area contributed by atoms with Crippen LogP contribution in [0.3, 0.4) is 0 Å². The van der Waals surface area contributed by atoms with Crippen LogP contribution in [-0.2, 0) is 6.54 Å². The van der Waals surface area contributed by atoms with E-state index in [0.717, 1.165) is 19.0 Å². The molecule has 1 aromatic rings. The Bertz CT molecular complexity index is 312. The highest BCUT2D eigenvalue weighted by Gasteiger charge is 2.23. The van der Waals surface area contributed by atoms with Crippen molar-refractivity contribution in [3.63, 3.8) is 0 Å². The molecule has 1 heterocycles. The molecule has 1 fully saturated rings. The van der Waals surface area contributed by atoms with Crippen LogP contribution in [0.5, 0.6) is 0 Å². The van der Waals surface area contributed by atoms with Gasteiger partial charge in [-0.05, 0) is 26.7 Å². The highest BCUT2D eigenvalue weighted by atomic mass is 15.3. The Balaban J connectivity index is 2.22. The van der Waals surface area contributed by atoms with Crippen molar-refractivity contribution in [3.8, 4) is 0 Å². The summed E-state index contributed by atoms with van der Waals surface area (Å²) in [6, 6.07) is 0. The molecule has 0 amide bonds. The number of aromatic nitrogens is 3. The van der Waals surface area contributed by atoms with Gasteiger partial charge >= 0.3 is 0 Å². The van der Waals surface area contributed by atoms with Crippen LogP contribution >= 0.6 is 0 Å². The molecule has 0 spiro atoms. The maximum atomic E-state index is 4.34. The van der Waals surface area contributed by atoms with Crippen LogP contribution in [0.4, 0.5) is 5.95 Å². The summed E-state index contributed by atoms with van der Waals surface area (Å²) < 4.78 is 2.22. The van der Waals surface area contributed by atoms with Crippen LogP contribution in [0.2, 0.25) is 0 Å². The summed E-state index contributed by atoms with van der Waals surface area (Å²) in [5.74, 6) is 2.76. The second-order valence-electron chi connectivity index (χ2n) is 4.14. The zero-order valence-corrected chi connectivity index (χ0v) is 9.66. The summed E-state index contributed by atoms with van der Waals surface area (Å²) in [5.41, 5.74) is 0. The van der Waals surface area contributed by atoms with Crippen LogP contribution in [0.1, 0.15) is 51.3 Å². The first-order chi connectivity index (χ1) is 7.36. The van der Waals surface area contributed by atoms with E-state index in [2.05, 4.69) is 33.9 Å². The minimum atomic E-state index is 0.643. The van der Waals surface area contributed by atoms with Crippen molar-refractivity contribution < 1.29 is 0 Å². The van der Waals surface area contributed by atoms with Crippen LogP contribution < -0.4 is 5.32 Å². The van der Waals surface area contributed by atoms with Crippen molar-refractivity contribution in [1.29, 1.82) is 0 Å². The van der Waals surface area contributed by atoms with Gasteiger partial charge in [-0.1, -0.05) is 12.8 Å². The number of nitrogens with one attached hydrogen (secondary N) is 1. The van der Waals surface area contributed by atoms with Gasteiger partial charge in [-0.25, -0.2) is 0 Å². The van der Waals surface area contributed by atoms with Gasteiger partial charge in [-0.2, -0.15) is 0 Å². The molecule has 1 aromatic heterocycles. The van der Waals surface area contributed by atoms with E-state index in [4.69, 9.17) is 0 Å². The molecule has 2 rings (SSSR count).